The van der Waals surface area contributed by atoms with E-state index in [-0.39, 0.29) is 29.6 Å². The molecule has 0 heterocycles. The summed E-state index contributed by atoms with van der Waals surface area (Å²) in [5.41, 5.74) is 0. The van der Waals surface area contributed by atoms with E-state index >= 15 is 0 Å². The molecule has 8 heavy (non-hydrogen) atoms. The molecule has 0 aliphatic carbocycles. The zero-order chi connectivity index (χ0) is 5.54. The number of hydrogen-bond donors (Lipinski definition) is 0. The SMILES string of the molecule is N#CSSSC#N.[Na]. The second-order valence-corrected chi connectivity index (χ2v) is 3.88. The third-order valence-electron chi connectivity index (χ3n) is 0.143. The van der Waals surface area contributed by atoms with Crippen molar-refractivity contribution < 1.29 is 0 Å². The van der Waals surface area contributed by atoms with Gasteiger partial charge in [0.15, 0.2) is 0 Å². The normalized spacial score (nSPS) is 5.75. The Kier molecular flexibility index (Phi) is 16.1. The predicted molar refractivity (Wildman–Crippen MR) is 39.8 cm³/mol. The topological polar surface area (TPSA) is 47.6 Å². The molecule has 6 heteroatoms. The predicted octanol–water partition coefficient (Wildman–Crippen LogP) is 1.60. The third-order valence-corrected chi connectivity index (χ3v) is 2.51. The zero-order valence-corrected chi connectivity index (χ0v) is 8.57. The van der Waals surface area contributed by atoms with Crippen LogP contribution < -0.4 is 0 Å². The largest absolute Gasteiger partial charge is 0.184 e. The molecule has 0 aliphatic rings. The summed E-state index contributed by atoms with van der Waals surface area (Å²) >= 11 is 0. The van der Waals surface area contributed by atoms with Gasteiger partial charge < -0.3 is 0 Å². The maximum absolute atomic E-state index is 7.86. The number of nitriles is 2. The average Bonchev–Trinajstić information content (AvgIpc) is 1.69. The molecule has 2 nitrogen and oxygen atoms in total. The smallest absolute Gasteiger partial charge is 0.145 e. The summed E-state index contributed by atoms with van der Waals surface area (Å²) in [6, 6.07) is 0. The molecule has 0 bridgehead atoms. The van der Waals surface area contributed by atoms with Crippen LogP contribution >= 0.6 is 31.4 Å². The minimum absolute atomic E-state index is 0. The van der Waals surface area contributed by atoms with E-state index in [1.807, 2.05) is 10.8 Å². The van der Waals surface area contributed by atoms with Gasteiger partial charge >= 0.3 is 0 Å². The van der Waals surface area contributed by atoms with Crippen LogP contribution in [0.2, 0.25) is 0 Å². The third kappa shape index (κ3) is 10.1. The summed E-state index contributed by atoms with van der Waals surface area (Å²) < 4.78 is 0. The minimum atomic E-state index is 0. The van der Waals surface area contributed by atoms with Gasteiger partial charge in [-0.2, -0.15) is 10.5 Å². The molecule has 1 radical (unpaired) electrons. The molecule has 0 atom stereocenters. The summed E-state index contributed by atoms with van der Waals surface area (Å²) in [5.74, 6) is 0. The van der Waals surface area contributed by atoms with E-state index in [4.69, 9.17) is 10.5 Å². The Bertz CT molecular complexity index is 99.4. The molecule has 0 spiro atoms. The van der Waals surface area contributed by atoms with Crippen LogP contribution in [-0.4, -0.2) is 29.6 Å². The Morgan fingerprint density at radius 3 is 1.62 bits per heavy atom. The average molecular weight is 171 g/mol. The van der Waals surface area contributed by atoms with Gasteiger partial charge in [-0.3, -0.25) is 0 Å². The fourth-order valence-corrected chi connectivity index (χ4v) is 1.28. The number of hydrogen-bond acceptors (Lipinski definition) is 5. The first kappa shape index (κ1) is 11.8. The fourth-order valence-electron chi connectivity index (χ4n) is 0.0474. The van der Waals surface area contributed by atoms with Crippen LogP contribution in [-0.2, 0) is 0 Å². The van der Waals surface area contributed by atoms with Crippen molar-refractivity contribution in [1.82, 2.24) is 0 Å². The first-order valence-electron chi connectivity index (χ1n) is 1.19. The van der Waals surface area contributed by atoms with Gasteiger partial charge in [-0.05, 0) is 0 Å². The van der Waals surface area contributed by atoms with Crippen molar-refractivity contribution in [2.45, 2.75) is 0 Å². The van der Waals surface area contributed by atoms with Gasteiger partial charge in [-0.1, -0.05) is 0 Å². The zero-order valence-electron chi connectivity index (χ0n) is 4.12. The van der Waals surface area contributed by atoms with E-state index in [1.165, 1.54) is 0 Å². The van der Waals surface area contributed by atoms with Gasteiger partial charge in [0.05, 0.1) is 0 Å². The minimum Gasteiger partial charge on any atom is -0.184 e. The maximum atomic E-state index is 7.86. The van der Waals surface area contributed by atoms with Crippen molar-refractivity contribution in [3.63, 3.8) is 0 Å². The first-order chi connectivity index (χ1) is 3.41. The van der Waals surface area contributed by atoms with Gasteiger partial charge in [0, 0.05) is 61.0 Å². The molecule has 0 rings (SSSR count). The van der Waals surface area contributed by atoms with E-state index in [9.17, 15) is 0 Å². The Morgan fingerprint density at radius 1 is 1.00 bits per heavy atom. The molecule has 0 unspecified atom stereocenters. The monoisotopic (exact) mass is 171 g/mol. The fraction of sp³-hybridized carbons (Fsp3) is 0. The molecule has 0 aromatic heterocycles. The maximum Gasteiger partial charge on any atom is 0.145 e. The number of thiocyanates is 2. The molecular weight excluding hydrogens is 171 g/mol. The Balaban J connectivity index is 0. The van der Waals surface area contributed by atoms with Gasteiger partial charge in [-0.15, -0.1) is 0 Å². The second-order valence-electron chi connectivity index (χ2n) is 0.417. The Morgan fingerprint density at radius 2 is 1.38 bits per heavy atom. The summed E-state index contributed by atoms with van der Waals surface area (Å²) in [5, 5.41) is 19.3. The molecule has 37 valence electrons. The molecule has 0 amide bonds. The van der Waals surface area contributed by atoms with Crippen LogP contribution in [0.4, 0.5) is 0 Å². The molecule has 0 saturated carbocycles. The summed E-state index contributed by atoms with van der Waals surface area (Å²) in [4.78, 5) is 0. The van der Waals surface area contributed by atoms with Crippen LogP contribution in [0.1, 0.15) is 0 Å². The van der Waals surface area contributed by atoms with Crippen LogP contribution in [0.5, 0.6) is 0 Å². The first-order valence-corrected chi connectivity index (χ1v) is 4.67. The molecule has 0 aromatic rings. The molecule has 0 N–H and O–H groups in total. The molecule has 0 fully saturated rings. The summed E-state index contributed by atoms with van der Waals surface area (Å²) in [6.07, 6.45) is 0. The number of rotatable bonds is 2. The standard InChI is InChI=1S/C2N2S3.Na/c3-1-5-7-6-2-4;. The summed E-state index contributed by atoms with van der Waals surface area (Å²) in [6.45, 7) is 0. The quantitative estimate of drug-likeness (QED) is 0.273. The van der Waals surface area contributed by atoms with E-state index in [0.717, 1.165) is 31.4 Å². The van der Waals surface area contributed by atoms with Crippen molar-refractivity contribution in [3.05, 3.63) is 0 Å². The van der Waals surface area contributed by atoms with Crippen molar-refractivity contribution in [2.24, 2.45) is 0 Å². The van der Waals surface area contributed by atoms with Gasteiger partial charge in [0.1, 0.15) is 10.8 Å². The van der Waals surface area contributed by atoms with Crippen LogP contribution in [0.25, 0.3) is 0 Å². The molecule has 0 aromatic carbocycles. The molecule has 0 saturated heterocycles. The summed E-state index contributed by atoms with van der Waals surface area (Å²) in [7, 11) is 3.16. The van der Waals surface area contributed by atoms with E-state index in [0.29, 0.717) is 0 Å². The van der Waals surface area contributed by atoms with Crippen molar-refractivity contribution in [1.29, 1.82) is 10.5 Å². The Hall–Kier alpha value is 1.03. The van der Waals surface area contributed by atoms with Gasteiger partial charge in [0.25, 0.3) is 0 Å². The number of nitrogens with zero attached hydrogens (tertiary/aromatic N) is 2. The molecular formula is C2N2NaS3. The van der Waals surface area contributed by atoms with E-state index in [1.54, 1.807) is 0 Å². The van der Waals surface area contributed by atoms with Crippen molar-refractivity contribution in [2.75, 3.05) is 0 Å². The van der Waals surface area contributed by atoms with Crippen LogP contribution in [0, 0.1) is 21.3 Å². The van der Waals surface area contributed by atoms with Gasteiger partial charge in [-0.25, -0.2) is 0 Å². The van der Waals surface area contributed by atoms with Crippen molar-refractivity contribution in [3.8, 4) is 10.8 Å². The van der Waals surface area contributed by atoms with Crippen molar-refractivity contribution >= 4 is 61.0 Å². The Labute approximate surface area is 81.5 Å². The van der Waals surface area contributed by atoms with Crippen LogP contribution in [0.3, 0.4) is 0 Å². The van der Waals surface area contributed by atoms with Crippen LogP contribution in [0.15, 0.2) is 0 Å². The second kappa shape index (κ2) is 10.9. The van der Waals surface area contributed by atoms with E-state index in [2.05, 4.69) is 0 Å². The van der Waals surface area contributed by atoms with Gasteiger partial charge in [0.2, 0.25) is 0 Å². The van der Waals surface area contributed by atoms with E-state index < -0.39 is 0 Å². The molecule has 0 aliphatic heterocycles.